The van der Waals surface area contributed by atoms with Crippen LogP contribution in [0.1, 0.15) is 25.7 Å². The Morgan fingerprint density at radius 2 is 1.67 bits per heavy atom. The van der Waals surface area contributed by atoms with Crippen molar-refractivity contribution in [3.05, 3.63) is 22.7 Å². The molecule has 3 nitrogen and oxygen atoms in total. The van der Waals surface area contributed by atoms with E-state index in [1.54, 1.807) is 7.11 Å². The third kappa shape index (κ3) is 3.21. The van der Waals surface area contributed by atoms with E-state index >= 15 is 0 Å². The predicted octanol–water partition coefficient (Wildman–Crippen LogP) is 3.77. The number of benzene rings is 1. The van der Waals surface area contributed by atoms with Crippen LogP contribution < -0.4 is 9.64 Å². The van der Waals surface area contributed by atoms with E-state index in [1.165, 1.54) is 57.5 Å². The van der Waals surface area contributed by atoms with Crippen LogP contribution in [0, 0.1) is 5.41 Å². The molecule has 1 aromatic carbocycles. The number of likely N-dealkylation sites (tertiary alicyclic amines) is 1. The van der Waals surface area contributed by atoms with Crippen LogP contribution >= 0.6 is 15.9 Å². The fourth-order valence-electron chi connectivity index (χ4n) is 3.68. The van der Waals surface area contributed by atoms with Gasteiger partial charge in [-0.1, -0.05) is 0 Å². The topological polar surface area (TPSA) is 15.7 Å². The van der Waals surface area contributed by atoms with Crippen LogP contribution in [0.4, 0.5) is 5.69 Å². The second kappa shape index (κ2) is 6.17. The molecule has 0 radical (unpaired) electrons. The highest BCUT2D eigenvalue weighted by Gasteiger charge is 2.36. The van der Waals surface area contributed by atoms with Gasteiger partial charge in [-0.25, -0.2) is 0 Å². The summed E-state index contributed by atoms with van der Waals surface area (Å²) in [5.41, 5.74) is 1.90. The van der Waals surface area contributed by atoms with Crippen molar-refractivity contribution in [2.45, 2.75) is 25.7 Å². The zero-order valence-corrected chi connectivity index (χ0v) is 14.7. The molecule has 2 aliphatic rings. The molecule has 1 spiro atoms. The van der Waals surface area contributed by atoms with Gasteiger partial charge in [0, 0.05) is 24.8 Å². The zero-order valence-electron chi connectivity index (χ0n) is 13.1. The smallest absolute Gasteiger partial charge is 0.135 e. The molecule has 2 saturated heterocycles. The number of piperidine rings is 2. The third-order valence-corrected chi connectivity index (χ3v) is 6.03. The van der Waals surface area contributed by atoms with Gasteiger partial charge in [-0.05, 0) is 79.3 Å². The molecule has 4 heteroatoms. The van der Waals surface area contributed by atoms with E-state index < -0.39 is 0 Å². The van der Waals surface area contributed by atoms with Gasteiger partial charge in [0.1, 0.15) is 5.75 Å². The van der Waals surface area contributed by atoms with Crippen LogP contribution in [0.3, 0.4) is 0 Å². The molecule has 0 saturated carbocycles. The third-order valence-electron chi connectivity index (χ3n) is 5.37. The van der Waals surface area contributed by atoms with E-state index in [-0.39, 0.29) is 0 Å². The monoisotopic (exact) mass is 352 g/mol. The molecule has 0 aliphatic carbocycles. The summed E-state index contributed by atoms with van der Waals surface area (Å²) in [4.78, 5) is 4.98. The Kier molecular flexibility index (Phi) is 4.46. The summed E-state index contributed by atoms with van der Waals surface area (Å²) in [6.07, 6.45) is 5.42. The maximum absolute atomic E-state index is 5.42. The standard InChI is InChI=1S/C17H25BrN2O/c1-19-9-5-17(6-10-19)7-11-20(12-8-17)14-3-4-15(18)16(13-14)21-2/h3-4,13H,5-12H2,1-2H3. The summed E-state index contributed by atoms with van der Waals surface area (Å²) < 4.78 is 6.44. The van der Waals surface area contributed by atoms with Crippen molar-refractivity contribution in [3.63, 3.8) is 0 Å². The van der Waals surface area contributed by atoms with Gasteiger partial charge in [0.2, 0.25) is 0 Å². The minimum Gasteiger partial charge on any atom is -0.495 e. The minimum absolute atomic E-state index is 0.614. The number of methoxy groups -OCH3 is 1. The molecule has 0 N–H and O–H groups in total. The maximum atomic E-state index is 5.42. The Morgan fingerprint density at radius 3 is 2.29 bits per heavy atom. The molecule has 3 rings (SSSR count). The first-order valence-electron chi connectivity index (χ1n) is 7.89. The van der Waals surface area contributed by atoms with E-state index in [1.807, 2.05) is 0 Å². The highest BCUT2D eigenvalue weighted by Crippen LogP contribution is 2.42. The number of halogens is 1. The zero-order chi connectivity index (χ0) is 14.9. The molecule has 2 heterocycles. The van der Waals surface area contributed by atoms with Crippen molar-refractivity contribution in [2.75, 3.05) is 45.2 Å². The number of ether oxygens (including phenoxy) is 1. The molecule has 21 heavy (non-hydrogen) atoms. The number of rotatable bonds is 2. The van der Waals surface area contributed by atoms with Gasteiger partial charge in [0.15, 0.2) is 0 Å². The highest BCUT2D eigenvalue weighted by atomic mass is 79.9. The Balaban J connectivity index is 1.65. The first kappa shape index (κ1) is 15.2. The highest BCUT2D eigenvalue weighted by molar-refractivity contribution is 9.10. The first-order valence-corrected chi connectivity index (χ1v) is 8.68. The van der Waals surface area contributed by atoms with Crippen LogP contribution in [-0.4, -0.2) is 45.2 Å². The van der Waals surface area contributed by atoms with Gasteiger partial charge in [0.25, 0.3) is 0 Å². The van der Waals surface area contributed by atoms with E-state index in [0.717, 1.165) is 10.2 Å². The van der Waals surface area contributed by atoms with Gasteiger partial charge < -0.3 is 14.5 Å². The Bertz CT molecular complexity index is 488. The second-order valence-corrected chi connectivity index (χ2v) is 7.46. The normalized spacial score (nSPS) is 22.5. The Hall–Kier alpha value is -0.740. The predicted molar refractivity (Wildman–Crippen MR) is 91.3 cm³/mol. The second-order valence-electron chi connectivity index (χ2n) is 6.61. The van der Waals surface area contributed by atoms with Gasteiger partial charge >= 0.3 is 0 Å². The summed E-state index contributed by atoms with van der Waals surface area (Å²) in [5.74, 6) is 0.923. The van der Waals surface area contributed by atoms with E-state index in [0.29, 0.717) is 5.41 Å². The summed E-state index contributed by atoms with van der Waals surface area (Å²) in [7, 11) is 3.98. The van der Waals surface area contributed by atoms with Gasteiger partial charge in [-0.15, -0.1) is 0 Å². The van der Waals surface area contributed by atoms with Crippen LogP contribution in [-0.2, 0) is 0 Å². The quantitative estimate of drug-likeness (QED) is 0.805. The van der Waals surface area contributed by atoms with E-state index in [2.05, 4.69) is 51.0 Å². The van der Waals surface area contributed by atoms with Crippen LogP contribution in [0.15, 0.2) is 22.7 Å². The molecule has 116 valence electrons. The number of hydrogen-bond acceptors (Lipinski definition) is 3. The minimum atomic E-state index is 0.614. The average molecular weight is 353 g/mol. The Morgan fingerprint density at radius 1 is 1.05 bits per heavy atom. The van der Waals surface area contributed by atoms with Gasteiger partial charge in [-0.2, -0.15) is 0 Å². The molecule has 0 bridgehead atoms. The van der Waals surface area contributed by atoms with Crippen LogP contribution in [0.25, 0.3) is 0 Å². The largest absolute Gasteiger partial charge is 0.495 e. The van der Waals surface area contributed by atoms with Crippen molar-refractivity contribution < 1.29 is 4.74 Å². The lowest BCUT2D eigenvalue weighted by atomic mass is 9.71. The molecular formula is C17H25BrN2O. The number of hydrogen-bond donors (Lipinski definition) is 0. The molecule has 2 fully saturated rings. The molecule has 1 aromatic rings. The molecule has 0 amide bonds. The molecule has 0 aromatic heterocycles. The lowest BCUT2D eigenvalue weighted by Gasteiger charge is -2.46. The summed E-state index contributed by atoms with van der Waals surface area (Å²) in [5, 5.41) is 0. The van der Waals surface area contributed by atoms with Gasteiger partial charge in [0.05, 0.1) is 11.6 Å². The number of nitrogens with zero attached hydrogens (tertiary/aromatic N) is 2. The van der Waals surface area contributed by atoms with Crippen molar-refractivity contribution in [1.82, 2.24) is 4.90 Å². The van der Waals surface area contributed by atoms with Gasteiger partial charge in [-0.3, -0.25) is 0 Å². The lowest BCUT2D eigenvalue weighted by Crippen LogP contribution is -2.46. The fraction of sp³-hybridized carbons (Fsp3) is 0.647. The average Bonchev–Trinajstić information content (AvgIpc) is 2.52. The number of anilines is 1. The van der Waals surface area contributed by atoms with E-state index in [9.17, 15) is 0 Å². The molecule has 2 aliphatic heterocycles. The molecular weight excluding hydrogens is 328 g/mol. The van der Waals surface area contributed by atoms with Crippen molar-refractivity contribution in [2.24, 2.45) is 5.41 Å². The fourth-order valence-corrected chi connectivity index (χ4v) is 4.09. The summed E-state index contributed by atoms with van der Waals surface area (Å²) in [6, 6.07) is 6.43. The van der Waals surface area contributed by atoms with Crippen LogP contribution in [0.5, 0.6) is 5.75 Å². The maximum Gasteiger partial charge on any atom is 0.135 e. The summed E-state index contributed by atoms with van der Waals surface area (Å²) in [6.45, 7) is 4.89. The summed E-state index contributed by atoms with van der Waals surface area (Å²) >= 11 is 3.53. The van der Waals surface area contributed by atoms with Crippen molar-refractivity contribution >= 4 is 21.6 Å². The van der Waals surface area contributed by atoms with Crippen molar-refractivity contribution in [3.8, 4) is 5.75 Å². The van der Waals surface area contributed by atoms with Crippen LogP contribution in [0.2, 0.25) is 0 Å². The first-order chi connectivity index (χ1) is 10.1. The molecule has 0 atom stereocenters. The molecule has 0 unspecified atom stereocenters. The van der Waals surface area contributed by atoms with Crippen molar-refractivity contribution in [1.29, 1.82) is 0 Å². The Labute approximate surface area is 136 Å². The van der Waals surface area contributed by atoms with E-state index in [4.69, 9.17) is 4.74 Å². The SMILES string of the molecule is COc1cc(N2CCC3(CCN(C)CC3)CC2)ccc1Br. The lowest BCUT2D eigenvalue weighted by molar-refractivity contribution is 0.0945.